The topological polar surface area (TPSA) is 3.24 Å². The van der Waals surface area contributed by atoms with Crippen LogP contribution in [0.3, 0.4) is 0 Å². The van der Waals surface area contributed by atoms with E-state index in [0.717, 1.165) is 0 Å². The third-order valence-electron chi connectivity index (χ3n) is 2.80. The van der Waals surface area contributed by atoms with Crippen molar-refractivity contribution in [3.05, 3.63) is 72.0 Å². The van der Waals surface area contributed by atoms with Crippen LogP contribution in [0.15, 0.2) is 66.4 Å². The Morgan fingerprint density at radius 3 is 2.76 bits per heavy atom. The number of nitrogens with zero attached hydrogens (tertiary/aromatic N) is 1. The Balaban J connectivity index is 2.34. The lowest BCUT2D eigenvalue weighted by atomic mass is 10.1. The molecule has 0 saturated heterocycles. The van der Waals surface area contributed by atoms with Gasteiger partial charge in [-0.25, -0.2) is 0 Å². The molecule has 1 heteroatoms. The first-order chi connectivity index (χ1) is 8.33. The summed E-state index contributed by atoms with van der Waals surface area (Å²) >= 11 is 0. The highest BCUT2D eigenvalue weighted by Crippen LogP contribution is 2.26. The molecule has 1 aromatic carbocycles. The van der Waals surface area contributed by atoms with Crippen LogP contribution in [0, 0.1) is 0 Å². The van der Waals surface area contributed by atoms with Gasteiger partial charge in [-0.1, -0.05) is 48.6 Å². The molecule has 0 saturated carbocycles. The molecule has 0 atom stereocenters. The van der Waals surface area contributed by atoms with Crippen LogP contribution in [0.2, 0.25) is 0 Å². The fraction of sp³-hybridized carbons (Fsp3) is 0.125. The van der Waals surface area contributed by atoms with Crippen LogP contribution in [0.25, 0.3) is 6.08 Å². The maximum absolute atomic E-state index is 2.20. The molecule has 0 amide bonds. The van der Waals surface area contributed by atoms with Crippen molar-refractivity contribution in [3.8, 4) is 0 Å². The largest absolute Gasteiger partial charge is 0.344 e. The Morgan fingerprint density at radius 1 is 1.12 bits per heavy atom. The predicted octanol–water partition coefficient (Wildman–Crippen LogP) is 4.17. The van der Waals surface area contributed by atoms with E-state index in [-0.39, 0.29) is 0 Å². The third kappa shape index (κ3) is 2.56. The molecule has 0 N–H and O–H groups in total. The van der Waals surface area contributed by atoms with Gasteiger partial charge in [-0.05, 0) is 30.7 Å². The highest BCUT2D eigenvalue weighted by atomic mass is 15.1. The Kier molecular flexibility index (Phi) is 3.61. The fourth-order valence-corrected chi connectivity index (χ4v) is 1.87. The van der Waals surface area contributed by atoms with Crippen LogP contribution in [-0.4, -0.2) is 7.05 Å². The molecular formula is C16H17N. The van der Waals surface area contributed by atoms with Gasteiger partial charge in [0.05, 0.1) is 0 Å². The van der Waals surface area contributed by atoms with Gasteiger partial charge in [0, 0.05) is 18.4 Å². The van der Waals surface area contributed by atoms with Crippen molar-refractivity contribution >= 4 is 11.8 Å². The van der Waals surface area contributed by atoms with E-state index in [1.165, 1.54) is 16.9 Å². The smallest absolute Gasteiger partial charge is 0.0481 e. The minimum atomic E-state index is 1.18. The number of benzene rings is 1. The van der Waals surface area contributed by atoms with Crippen molar-refractivity contribution in [2.75, 3.05) is 11.9 Å². The number of hydrogen-bond acceptors (Lipinski definition) is 1. The second kappa shape index (κ2) is 5.35. The van der Waals surface area contributed by atoms with Gasteiger partial charge >= 0.3 is 0 Å². The summed E-state index contributed by atoms with van der Waals surface area (Å²) in [7, 11) is 2.09. The fourth-order valence-electron chi connectivity index (χ4n) is 1.87. The van der Waals surface area contributed by atoms with Crippen molar-refractivity contribution in [1.82, 2.24) is 0 Å². The lowest BCUT2D eigenvalue weighted by Crippen LogP contribution is -2.15. The first kappa shape index (κ1) is 11.5. The number of allylic oxidation sites excluding steroid dienone is 6. The SMILES string of the molecule is C/C=C\C=C/C1=CC=Cc2ccccc2N1C. The third-order valence-corrected chi connectivity index (χ3v) is 2.80. The minimum Gasteiger partial charge on any atom is -0.344 e. The van der Waals surface area contributed by atoms with Gasteiger partial charge in [0.25, 0.3) is 0 Å². The monoisotopic (exact) mass is 223 g/mol. The Morgan fingerprint density at radius 2 is 1.94 bits per heavy atom. The van der Waals surface area contributed by atoms with Crippen LogP contribution in [0.4, 0.5) is 5.69 Å². The number of fused-ring (bicyclic) bond motifs is 1. The Hall–Kier alpha value is -2.02. The molecule has 2 rings (SSSR count). The number of likely N-dealkylation sites (N-methyl/N-ethyl adjacent to an activating group) is 1. The molecule has 0 spiro atoms. The van der Waals surface area contributed by atoms with E-state index in [2.05, 4.69) is 66.6 Å². The molecule has 0 aliphatic carbocycles. The van der Waals surface area contributed by atoms with Crippen molar-refractivity contribution in [2.24, 2.45) is 0 Å². The quantitative estimate of drug-likeness (QED) is 0.680. The predicted molar refractivity (Wildman–Crippen MR) is 75.9 cm³/mol. The summed E-state index contributed by atoms with van der Waals surface area (Å²) in [6, 6.07) is 8.41. The molecule has 1 aliphatic rings. The lowest BCUT2D eigenvalue weighted by molar-refractivity contribution is 1.14. The lowest BCUT2D eigenvalue weighted by Gasteiger charge is -2.21. The average Bonchev–Trinajstić information content (AvgIpc) is 2.51. The van der Waals surface area contributed by atoms with Crippen molar-refractivity contribution in [3.63, 3.8) is 0 Å². The number of anilines is 1. The molecule has 0 fully saturated rings. The second-order valence-corrected chi connectivity index (χ2v) is 3.95. The molecule has 1 nitrogen and oxygen atoms in total. The molecule has 0 aromatic heterocycles. The molecule has 0 radical (unpaired) electrons. The molecule has 1 aromatic rings. The standard InChI is InChI=1S/C16H17N/c1-3-4-5-11-15-12-8-10-14-9-6-7-13-16(14)17(15)2/h3-13H,1-2H3/b4-3-,11-5-. The summed E-state index contributed by atoms with van der Waals surface area (Å²) in [5.74, 6) is 0. The summed E-state index contributed by atoms with van der Waals surface area (Å²) < 4.78 is 0. The number of para-hydroxylation sites is 1. The zero-order valence-corrected chi connectivity index (χ0v) is 10.3. The van der Waals surface area contributed by atoms with Crippen LogP contribution >= 0.6 is 0 Å². The van der Waals surface area contributed by atoms with E-state index in [0.29, 0.717) is 0 Å². The van der Waals surface area contributed by atoms with E-state index in [4.69, 9.17) is 0 Å². The van der Waals surface area contributed by atoms with Crippen LogP contribution in [0.5, 0.6) is 0 Å². The van der Waals surface area contributed by atoms with Gasteiger partial charge in [-0.2, -0.15) is 0 Å². The molecular weight excluding hydrogens is 206 g/mol. The van der Waals surface area contributed by atoms with Crippen LogP contribution in [0.1, 0.15) is 12.5 Å². The summed E-state index contributed by atoms with van der Waals surface area (Å²) in [5, 5.41) is 0. The minimum absolute atomic E-state index is 1.18. The van der Waals surface area contributed by atoms with E-state index in [9.17, 15) is 0 Å². The van der Waals surface area contributed by atoms with Gasteiger partial charge in [-0.15, -0.1) is 0 Å². The van der Waals surface area contributed by atoms with Crippen LogP contribution < -0.4 is 4.90 Å². The first-order valence-corrected chi connectivity index (χ1v) is 5.83. The number of hydrogen-bond donors (Lipinski definition) is 0. The van der Waals surface area contributed by atoms with E-state index < -0.39 is 0 Å². The Bertz CT molecular complexity index is 504. The van der Waals surface area contributed by atoms with E-state index >= 15 is 0 Å². The second-order valence-electron chi connectivity index (χ2n) is 3.95. The van der Waals surface area contributed by atoms with Crippen LogP contribution in [-0.2, 0) is 0 Å². The van der Waals surface area contributed by atoms with E-state index in [1.54, 1.807) is 0 Å². The zero-order valence-electron chi connectivity index (χ0n) is 10.3. The highest BCUT2D eigenvalue weighted by Gasteiger charge is 2.09. The van der Waals surface area contributed by atoms with Gasteiger partial charge < -0.3 is 4.90 Å². The van der Waals surface area contributed by atoms with Crippen molar-refractivity contribution in [1.29, 1.82) is 0 Å². The molecule has 1 heterocycles. The number of rotatable bonds is 2. The maximum Gasteiger partial charge on any atom is 0.0481 e. The molecule has 0 unspecified atom stereocenters. The van der Waals surface area contributed by atoms with Gasteiger partial charge in [0.2, 0.25) is 0 Å². The normalized spacial score (nSPS) is 15.2. The average molecular weight is 223 g/mol. The zero-order chi connectivity index (χ0) is 12.1. The highest BCUT2D eigenvalue weighted by molar-refractivity contribution is 5.73. The molecule has 17 heavy (non-hydrogen) atoms. The van der Waals surface area contributed by atoms with Crippen molar-refractivity contribution < 1.29 is 0 Å². The summed E-state index contributed by atoms with van der Waals surface area (Å²) in [6.07, 6.45) is 14.6. The van der Waals surface area contributed by atoms with Gasteiger partial charge in [0.1, 0.15) is 0 Å². The molecule has 0 bridgehead atoms. The van der Waals surface area contributed by atoms with Gasteiger partial charge in [0.15, 0.2) is 0 Å². The molecule has 1 aliphatic heterocycles. The van der Waals surface area contributed by atoms with E-state index in [1.807, 2.05) is 19.1 Å². The van der Waals surface area contributed by atoms with Gasteiger partial charge in [-0.3, -0.25) is 0 Å². The Labute approximate surface area is 103 Å². The summed E-state index contributed by atoms with van der Waals surface area (Å²) in [5.41, 5.74) is 3.67. The summed E-state index contributed by atoms with van der Waals surface area (Å²) in [6.45, 7) is 2.02. The first-order valence-electron chi connectivity index (χ1n) is 5.83. The molecule has 86 valence electrons. The maximum atomic E-state index is 2.20. The van der Waals surface area contributed by atoms with Crippen molar-refractivity contribution in [2.45, 2.75) is 6.92 Å². The summed E-state index contributed by atoms with van der Waals surface area (Å²) in [4.78, 5) is 2.20.